The molecule has 2 aromatic carbocycles. The van der Waals surface area contributed by atoms with Gasteiger partial charge in [0.05, 0.1) is 22.2 Å². The van der Waals surface area contributed by atoms with E-state index in [1.807, 2.05) is 12.1 Å². The zero-order valence-electron chi connectivity index (χ0n) is 20.7. The Kier molecular flexibility index (Phi) is 12.9. The number of methoxy groups -OCH3 is 1. The van der Waals surface area contributed by atoms with E-state index in [4.69, 9.17) is 58.9 Å². The fourth-order valence-corrected chi connectivity index (χ4v) is 4.59. The Bertz CT molecular complexity index is 1170. The van der Waals surface area contributed by atoms with E-state index in [0.717, 1.165) is 11.1 Å². The zero-order chi connectivity index (χ0) is 28.3. The molecule has 1 amide bonds. The van der Waals surface area contributed by atoms with Gasteiger partial charge in [-0.15, -0.1) is 11.6 Å². The van der Waals surface area contributed by atoms with Crippen molar-refractivity contribution in [1.82, 2.24) is 4.31 Å². The monoisotopic (exact) mass is 611 g/mol. The second-order valence-electron chi connectivity index (χ2n) is 8.07. The van der Waals surface area contributed by atoms with Crippen molar-refractivity contribution in [3.05, 3.63) is 57.6 Å². The van der Waals surface area contributed by atoms with Gasteiger partial charge in [-0.3, -0.25) is 4.79 Å². The summed E-state index contributed by atoms with van der Waals surface area (Å²) < 4.78 is 44.3. The molecule has 0 bridgehead atoms. The van der Waals surface area contributed by atoms with Crippen LogP contribution < -0.4 is 9.47 Å². The number of ketones is 1. The summed E-state index contributed by atoms with van der Waals surface area (Å²) in [6, 6.07) is 10.5. The van der Waals surface area contributed by atoms with E-state index >= 15 is 0 Å². The fourth-order valence-electron chi connectivity index (χ4n) is 3.11. The highest BCUT2D eigenvalue weighted by molar-refractivity contribution is 7.88. The van der Waals surface area contributed by atoms with Crippen molar-refractivity contribution in [2.24, 2.45) is 0 Å². The molecule has 1 N–H and O–H groups in total. The van der Waals surface area contributed by atoms with Crippen LogP contribution in [-0.2, 0) is 37.1 Å². The Labute approximate surface area is 236 Å². The number of rotatable bonds is 16. The van der Waals surface area contributed by atoms with Crippen LogP contribution in [0, 0.1) is 0 Å². The van der Waals surface area contributed by atoms with Crippen LogP contribution in [0.5, 0.6) is 11.5 Å². The van der Waals surface area contributed by atoms with Crippen molar-refractivity contribution in [3.8, 4) is 11.5 Å². The van der Waals surface area contributed by atoms with Crippen molar-refractivity contribution in [2.45, 2.75) is 18.9 Å². The summed E-state index contributed by atoms with van der Waals surface area (Å²) in [6.07, 6.45) is -0.123. The minimum absolute atomic E-state index is 0.0625. The van der Waals surface area contributed by atoms with Gasteiger partial charge in [-0.1, -0.05) is 35.3 Å². The number of carbonyl (C=O) groups excluding carboxylic acids is 1. The summed E-state index contributed by atoms with van der Waals surface area (Å²) in [4.78, 5) is 23.0. The Balaban J connectivity index is 1.88. The second-order valence-corrected chi connectivity index (χ2v) is 11.1. The predicted molar refractivity (Wildman–Crippen MR) is 143 cm³/mol. The van der Waals surface area contributed by atoms with E-state index in [2.05, 4.69) is 0 Å². The molecular formula is C24H28Cl3NO9S. The molecule has 10 nitrogen and oxygen atoms in total. The van der Waals surface area contributed by atoms with Crippen LogP contribution in [0.4, 0.5) is 4.79 Å². The van der Waals surface area contributed by atoms with Gasteiger partial charge in [0.25, 0.3) is 0 Å². The highest BCUT2D eigenvalue weighted by Crippen LogP contribution is 2.35. The first-order chi connectivity index (χ1) is 17.9. The van der Waals surface area contributed by atoms with Gasteiger partial charge in [-0.25, -0.2) is 13.2 Å². The van der Waals surface area contributed by atoms with Gasteiger partial charge >= 0.3 is 6.09 Å². The van der Waals surface area contributed by atoms with E-state index in [1.165, 1.54) is 7.11 Å². The molecule has 0 fully saturated rings. The van der Waals surface area contributed by atoms with Crippen LogP contribution in [-0.4, -0.2) is 81.6 Å². The number of alkyl halides is 1. The molecule has 38 heavy (non-hydrogen) atoms. The molecule has 2 aromatic rings. The number of carbonyl (C=O) groups is 2. The van der Waals surface area contributed by atoms with Crippen molar-refractivity contribution in [1.29, 1.82) is 0 Å². The molecule has 14 heteroatoms. The number of Topliss-reactive ketones (excluding diaryl/α,β-unsaturated/α-hetero) is 1. The average molecular weight is 613 g/mol. The topological polar surface area (TPSA) is 129 Å². The largest absolute Gasteiger partial charge is 0.488 e. The van der Waals surface area contributed by atoms with Crippen molar-refractivity contribution in [2.75, 3.05) is 45.8 Å². The Hall–Kier alpha value is -2.28. The number of ether oxygens (including phenoxy) is 4. The molecule has 1 unspecified atom stereocenters. The number of aryl methyl sites for hydroxylation is 2. The van der Waals surface area contributed by atoms with Gasteiger partial charge in [-0.2, -0.15) is 4.31 Å². The summed E-state index contributed by atoms with van der Waals surface area (Å²) in [5.74, 6) is 0.222. The maximum Gasteiger partial charge on any atom is 0.421 e. The smallest absolute Gasteiger partial charge is 0.421 e. The van der Waals surface area contributed by atoms with Gasteiger partial charge in [0.2, 0.25) is 10.0 Å². The van der Waals surface area contributed by atoms with Crippen molar-refractivity contribution < 1.29 is 42.1 Å². The summed E-state index contributed by atoms with van der Waals surface area (Å²) in [6.45, 7) is -1.06. The Morgan fingerprint density at radius 3 is 2.16 bits per heavy atom. The number of hydrogen-bond acceptors (Lipinski definition) is 8. The van der Waals surface area contributed by atoms with Crippen molar-refractivity contribution >= 4 is 56.7 Å². The second kappa shape index (κ2) is 15.3. The number of hydrogen-bond donors (Lipinski definition) is 1. The molecular weight excluding hydrogens is 585 g/mol. The molecule has 0 heterocycles. The number of halogens is 3. The number of benzene rings is 2. The normalized spacial score (nSPS) is 12.1. The number of amides is 1. The van der Waals surface area contributed by atoms with E-state index < -0.39 is 35.1 Å². The van der Waals surface area contributed by atoms with Crippen LogP contribution in [0.25, 0.3) is 0 Å². The molecule has 0 aliphatic carbocycles. The molecule has 0 spiro atoms. The summed E-state index contributed by atoms with van der Waals surface area (Å²) in [7, 11) is -2.57. The minimum Gasteiger partial charge on any atom is -0.488 e. The van der Waals surface area contributed by atoms with Crippen LogP contribution in [0.1, 0.15) is 11.1 Å². The highest BCUT2D eigenvalue weighted by atomic mass is 35.5. The zero-order valence-corrected chi connectivity index (χ0v) is 23.8. The van der Waals surface area contributed by atoms with Crippen molar-refractivity contribution in [3.63, 3.8) is 0 Å². The van der Waals surface area contributed by atoms with Gasteiger partial charge in [0, 0.05) is 7.11 Å². The summed E-state index contributed by atoms with van der Waals surface area (Å²) in [5.41, 5.74) is 1.88. The number of nitrogens with zero attached hydrogens (tertiary/aromatic N) is 1. The lowest BCUT2D eigenvalue weighted by Crippen LogP contribution is -2.40. The third-order valence-corrected chi connectivity index (χ3v) is 7.02. The van der Waals surface area contributed by atoms with Gasteiger partial charge in [0.15, 0.2) is 11.5 Å². The molecule has 1 atom stereocenters. The first-order valence-corrected chi connectivity index (χ1v) is 14.3. The van der Waals surface area contributed by atoms with E-state index in [-0.39, 0.29) is 29.7 Å². The van der Waals surface area contributed by atoms with Gasteiger partial charge in [0.1, 0.15) is 38.4 Å². The SMILES string of the molecule is COCOC(CCl)COc1c(Cl)cc(CCc2ccc(OCC(=O)CN(C(=O)O)S(C)(=O)=O)cc2)cc1Cl. The molecule has 0 saturated heterocycles. The Morgan fingerprint density at radius 2 is 1.63 bits per heavy atom. The summed E-state index contributed by atoms with van der Waals surface area (Å²) >= 11 is 18.6. The van der Waals surface area contributed by atoms with Crippen LogP contribution in [0.2, 0.25) is 10.0 Å². The molecule has 2 rings (SSSR count). The lowest BCUT2D eigenvalue weighted by molar-refractivity contribution is -0.121. The van der Waals surface area contributed by atoms with Crippen LogP contribution in [0.15, 0.2) is 36.4 Å². The number of sulfonamides is 1. The molecule has 0 aliphatic heterocycles. The van der Waals surface area contributed by atoms with Crippen LogP contribution >= 0.6 is 34.8 Å². The van der Waals surface area contributed by atoms with E-state index in [1.54, 1.807) is 24.3 Å². The fraction of sp³-hybridized carbons (Fsp3) is 0.417. The summed E-state index contributed by atoms with van der Waals surface area (Å²) in [5, 5.41) is 9.67. The lowest BCUT2D eigenvalue weighted by Gasteiger charge is -2.17. The first kappa shape index (κ1) is 31.9. The van der Waals surface area contributed by atoms with Crippen LogP contribution in [0.3, 0.4) is 0 Å². The minimum atomic E-state index is -4.08. The maximum atomic E-state index is 12.0. The van der Waals surface area contributed by atoms with E-state index in [9.17, 15) is 18.0 Å². The molecule has 0 aromatic heterocycles. The van der Waals surface area contributed by atoms with E-state index in [0.29, 0.717) is 40.6 Å². The maximum absolute atomic E-state index is 12.0. The quantitative estimate of drug-likeness (QED) is 0.218. The molecule has 0 radical (unpaired) electrons. The predicted octanol–water partition coefficient (Wildman–Crippen LogP) is 4.27. The third-order valence-electron chi connectivity index (χ3n) is 5.02. The van der Waals surface area contributed by atoms with Gasteiger partial charge < -0.3 is 24.1 Å². The Morgan fingerprint density at radius 1 is 1.03 bits per heavy atom. The average Bonchev–Trinajstić information content (AvgIpc) is 2.85. The lowest BCUT2D eigenvalue weighted by atomic mass is 10.0. The standard InChI is InChI=1S/C24H28Cl3NO9S/c1-34-15-37-20(11-25)14-36-23-21(26)9-17(10-22(23)27)4-3-16-5-7-19(8-6-16)35-13-18(29)12-28(24(30)31)38(2,32)33/h5-10,20H,3-4,11-15H2,1-2H3,(H,30,31). The van der Waals surface area contributed by atoms with Gasteiger partial charge in [-0.05, 0) is 48.2 Å². The highest BCUT2D eigenvalue weighted by Gasteiger charge is 2.25. The number of carboxylic acid groups (broad SMARTS) is 1. The molecule has 0 aliphatic rings. The third kappa shape index (κ3) is 10.5. The molecule has 210 valence electrons. The molecule has 0 saturated carbocycles. The first-order valence-electron chi connectivity index (χ1n) is 11.2.